The van der Waals surface area contributed by atoms with E-state index in [0.29, 0.717) is 17.0 Å². The lowest BCUT2D eigenvalue weighted by atomic mass is 10.1. The third-order valence-electron chi connectivity index (χ3n) is 4.12. The number of furan rings is 1. The van der Waals surface area contributed by atoms with Crippen LogP contribution in [0.25, 0.3) is 0 Å². The molecule has 1 heterocycles. The van der Waals surface area contributed by atoms with E-state index in [1.807, 2.05) is 0 Å². The molecule has 0 radical (unpaired) electrons. The number of nitrogen functional groups attached to an aromatic ring is 1. The molecule has 3 aromatic rings. The zero-order valence-corrected chi connectivity index (χ0v) is 17.5. The van der Waals surface area contributed by atoms with Crippen molar-refractivity contribution < 1.29 is 17.6 Å². The second-order valence-electron chi connectivity index (χ2n) is 6.19. The first-order chi connectivity index (χ1) is 13.7. The number of amides is 1. The Hall–Kier alpha value is -2.52. The molecule has 0 atom stereocenters. The number of anilines is 2. The Kier molecular flexibility index (Phi) is 6.18. The monoisotopic (exact) mass is 453 g/mol. The van der Waals surface area contributed by atoms with Crippen molar-refractivity contribution in [2.45, 2.75) is 18.4 Å². The number of rotatable bonds is 6. The van der Waals surface area contributed by atoms with E-state index in [-0.39, 0.29) is 32.7 Å². The molecule has 3 rings (SSSR count). The second kappa shape index (κ2) is 8.46. The molecule has 29 heavy (non-hydrogen) atoms. The fraction of sp³-hybridized carbons (Fsp3) is 0.105. The van der Waals surface area contributed by atoms with E-state index in [1.165, 1.54) is 30.5 Å². The smallest absolute Gasteiger partial charge is 0.255 e. The van der Waals surface area contributed by atoms with Gasteiger partial charge < -0.3 is 15.5 Å². The molecule has 0 saturated heterocycles. The maximum Gasteiger partial charge on any atom is 0.255 e. The van der Waals surface area contributed by atoms with Gasteiger partial charge in [-0.05, 0) is 48.9 Å². The van der Waals surface area contributed by atoms with Gasteiger partial charge in [0, 0.05) is 11.3 Å². The molecule has 0 saturated carbocycles. The van der Waals surface area contributed by atoms with Crippen LogP contribution < -0.4 is 15.8 Å². The Bertz CT molecular complexity index is 1140. The molecule has 4 N–H and O–H groups in total. The minimum atomic E-state index is -3.85. The van der Waals surface area contributed by atoms with Gasteiger partial charge in [-0.15, -0.1) is 0 Å². The fourth-order valence-corrected chi connectivity index (χ4v) is 4.04. The van der Waals surface area contributed by atoms with E-state index in [1.54, 1.807) is 25.1 Å². The predicted octanol–water partition coefficient (Wildman–Crippen LogP) is 4.21. The van der Waals surface area contributed by atoms with Gasteiger partial charge in [0.05, 0.1) is 33.4 Å². The maximum absolute atomic E-state index is 12.7. The summed E-state index contributed by atoms with van der Waals surface area (Å²) in [6.45, 7) is 1.69. The number of hydrogen-bond acceptors (Lipinski definition) is 5. The highest BCUT2D eigenvalue weighted by atomic mass is 35.5. The normalized spacial score (nSPS) is 11.4. The Balaban J connectivity index is 1.83. The van der Waals surface area contributed by atoms with Gasteiger partial charge in [-0.25, -0.2) is 13.1 Å². The van der Waals surface area contributed by atoms with Crippen molar-refractivity contribution in [1.29, 1.82) is 0 Å². The van der Waals surface area contributed by atoms with E-state index < -0.39 is 15.9 Å². The molecule has 10 heteroatoms. The first-order valence-electron chi connectivity index (χ1n) is 8.36. The number of nitrogens with one attached hydrogen (secondary N) is 2. The van der Waals surface area contributed by atoms with Crippen LogP contribution >= 0.6 is 23.2 Å². The summed E-state index contributed by atoms with van der Waals surface area (Å²) in [4.78, 5) is 12.7. The van der Waals surface area contributed by atoms with E-state index in [2.05, 4.69) is 10.0 Å². The van der Waals surface area contributed by atoms with Gasteiger partial charge in [0.15, 0.2) is 0 Å². The first-order valence-corrected chi connectivity index (χ1v) is 10.6. The van der Waals surface area contributed by atoms with Crippen molar-refractivity contribution in [1.82, 2.24) is 4.72 Å². The number of sulfonamides is 1. The lowest BCUT2D eigenvalue weighted by molar-refractivity contribution is 0.102. The van der Waals surface area contributed by atoms with Crippen LogP contribution in [0.1, 0.15) is 21.7 Å². The quantitative estimate of drug-likeness (QED) is 0.483. The van der Waals surface area contributed by atoms with Crippen LogP contribution in [-0.4, -0.2) is 14.3 Å². The summed E-state index contributed by atoms with van der Waals surface area (Å²) in [6, 6.07) is 10.5. The fourth-order valence-electron chi connectivity index (χ4n) is 2.53. The number of halogens is 2. The Labute approximate surface area is 177 Å². The molecule has 1 aromatic heterocycles. The van der Waals surface area contributed by atoms with E-state index >= 15 is 0 Å². The van der Waals surface area contributed by atoms with Crippen LogP contribution in [0, 0.1) is 6.92 Å². The molecule has 0 aliphatic rings. The van der Waals surface area contributed by atoms with Crippen molar-refractivity contribution in [2.75, 3.05) is 11.1 Å². The number of hydrogen-bond donors (Lipinski definition) is 3. The molecule has 0 fully saturated rings. The largest absolute Gasteiger partial charge is 0.468 e. The van der Waals surface area contributed by atoms with Crippen LogP contribution in [-0.2, 0) is 16.6 Å². The minimum absolute atomic E-state index is 0.00677. The van der Waals surface area contributed by atoms with Gasteiger partial charge in [-0.2, -0.15) is 0 Å². The zero-order valence-electron chi connectivity index (χ0n) is 15.2. The van der Waals surface area contributed by atoms with Crippen molar-refractivity contribution in [3.05, 3.63) is 75.7 Å². The zero-order chi connectivity index (χ0) is 21.2. The Morgan fingerprint density at radius 3 is 2.45 bits per heavy atom. The highest BCUT2D eigenvalue weighted by Crippen LogP contribution is 2.31. The predicted molar refractivity (Wildman–Crippen MR) is 113 cm³/mol. The number of nitrogens with two attached hydrogens (primary N) is 1. The average Bonchev–Trinajstić information content (AvgIpc) is 3.18. The van der Waals surface area contributed by atoms with Gasteiger partial charge in [-0.3, -0.25) is 4.79 Å². The summed E-state index contributed by atoms with van der Waals surface area (Å²) < 4.78 is 32.7. The molecule has 7 nitrogen and oxygen atoms in total. The molecule has 1 amide bonds. The number of benzene rings is 2. The van der Waals surface area contributed by atoms with Crippen LogP contribution in [0.15, 0.2) is 58.0 Å². The highest BCUT2D eigenvalue weighted by Gasteiger charge is 2.19. The van der Waals surface area contributed by atoms with Crippen LogP contribution in [0.4, 0.5) is 11.4 Å². The molecular weight excluding hydrogens is 437 g/mol. The summed E-state index contributed by atoms with van der Waals surface area (Å²) >= 11 is 12.0. The van der Waals surface area contributed by atoms with Gasteiger partial charge in [0.25, 0.3) is 5.91 Å². The molecule has 0 spiro atoms. The van der Waals surface area contributed by atoms with E-state index in [0.717, 1.165) is 0 Å². The molecule has 0 unspecified atom stereocenters. The third kappa shape index (κ3) is 4.91. The van der Waals surface area contributed by atoms with Gasteiger partial charge >= 0.3 is 0 Å². The molecule has 152 valence electrons. The average molecular weight is 454 g/mol. The molecule has 0 aliphatic heterocycles. The molecule has 0 bridgehead atoms. The van der Waals surface area contributed by atoms with Crippen molar-refractivity contribution >= 4 is 50.5 Å². The topological polar surface area (TPSA) is 114 Å². The summed E-state index contributed by atoms with van der Waals surface area (Å²) in [7, 11) is -3.85. The van der Waals surface area contributed by atoms with Crippen molar-refractivity contribution in [2.24, 2.45) is 0 Å². The van der Waals surface area contributed by atoms with Gasteiger partial charge in [0.2, 0.25) is 10.0 Å². The van der Waals surface area contributed by atoms with E-state index in [4.69, 9.17) is 33.4 Å². The number of carbonyl (C=O) groups is 1. The first kappa shape index (κ1) is 21.2. The Morgan fingerprint density at radius 1 is 1.14 bits per heavy atom. The van der Waals surface area contributed by atoms with Crippen molar-refractivity contribution in [3.8, 4) is 0 Å². The number of aryl methyl sites for hydroxylation is 1. The summed E-state index contributed by atoms with van der Waals surface area (Å²) in [6.07, 6.45) is 1.45. The molecular formula is C19H17Cl2N3O4S. The molecule has 2 aromatic carbocycles. The highest BCUT2D eigenvalue weighted by molar-refractivity contribution is 7.89. The SMILES string of the molecule is Cc1ccc(S(=O)(=O)NCc2ccco2)cc1C(=O)Nc1cc(Cl)c(N)c(Cl)c1. The van der Waals surface area contributed by atoms with Gasteiger partial charge in [-0.1, -0.05) is 29.3 Å². The maximum atomic E-state index is 12.7. The lowest BCUT2D eigenvalue weighted by Gasteiger charge is -2.12. The second-order valence-corrected chi connectivity index (χ2v) is 8.77. The molecule has 0 aliphatic carbocycles. The summed E-state index contributed by atoms with van der Waals surface area (Å²) in [5.41, 5.74) is 7.02. The standard InChI is InChI=1S/C19H17Cl2N3O4S/c1-11-4-5-14(29(26,27)23-10-13-3-2-6-28-13)9-15(11)19(25)24-12-7-16(20)18(22)17(21)8-12/h2-9,23H,10,22H2,1H3,(H,24,25). The summed E-state index contributed by atoms with van der Waals surface area (Å²) in [5.74, 6) is -0.0433. The number of carbonyl (C=O) groups excluding carboxylic acids is 1. The van der Waals surface area contributed by atoms with Crippen LogP contribution in [0.3, 0.4) is 0 Å². The van der Waals surface area contributed by atoms with Gasteiger partial charge in [0.1, 0.15) is 5.76 Å². The van der Waals surface area contributed by atoms with Crippen LogP contribution in [0.2, 0.25) is 10.0 Å². The summed E-state index contributed by atoms with van der Waals surface area (Å²) in [5, 5.41) is 3.04. The van der Waals surface area contributed by atoms with E-state index in [9.17, 15) is 13.2 Å². The third-order valence-corrected chi connectivity index (χ3v) is 6.14. The minimum Gasteiger partial charge on any atom is -0.468 e. The van der Waals surface area contributed by atoms with Crippen molar-refractivity contribution in [3.63, 3.8) is 0 Å². The Morgan fingerprint density at radius 2 is 1.83 bits per heavy atom. The van der Waals surface area contributed by atoms with Crippen LogP contribution in [0.5, 0.6) is 0 Å². The lowest BCUT2D eigenvalue weighted by Crippen LogP contribution is -2.24.